The second kappa shape index (κ2) is 5.55. The molecule has 0 heterocycles. The van der Waals surface area contributed by atoms with Crippen LogP contribution in [0.25, 0.3) is 0 Å². The normalized spacial score (nSPS) is 12.5. The lowest BCUT2D eigenvalue weighted by Crippen LogP contribution is -2.27. The molecule has 0 saturated carbocycles. The van der Waals surface area contributed by atoms with Crippen molar-refractivity contribution in [3.05, 3.63) is 71.8 Å². The van der Waals surface area contributed by atoms with Crippen molar-refractivity contribution in [3.63, 3.8) is 0 Å². The van der Waals surface area contributed by atoms with Gasteiger partial charge in [-0.2, -0.15) is 0 Å². The van der Waals surface area contributed by atoms with Crippen molar-refractivity contribution in [3.8, 4) is 0 Å². The first-order valence-electron chi connectivity index (χ1n) is 5.62. The van der Waals surface area contributed by atoms with E-state index in [0.29, 0.717) is 5.17 Å². The molecule has 0 aromatic heterocycles. The number of alkyl halides is 1. The molecule has 0 unspecified atom stereocenters. The predicted molar refractivity (Wildman–Crippen MR) is 78.7 cm³/mol. The third kappa shape index (κ3) is 2.29. The van der Waals surface area contributed by atoms with E-state index in [1.807, 2.05) is 60.7 Å². The number of aliphatic imine (C=N–C) groups is 1. The minimum atomic E-state index is -0.918. The molecule has 0 N–H and O–H groups in total. The van der Waals surface area contributed by atoms with Crippen LogP contribution in [-0.4, -0.2) is 12.2 Å². The van der Waals surface area contributed by atoms with Gasteiger partial charge in [0.25, 0.3) is 0 Å². The SMILES string of the molecule is CN=C(Cl)C(Cl)(c1ccccc1)c1ccccc1. The third-order valence-electron chi connectivity index (χ3n) is 2.82. The summed E-state index contributed by atoms with van der Waals surface area (Å²) in [4.78, 5) is 3.15. The lowest BCUT2D eigenvalue weighted by Gasteiger charge is -2.26. The maximum Gasteiger partial charge on any atom is 0.147 e. The van der Waals surface area contributed by atoms with Crippen LogP contribution in [0.1, 0.15) is 11.1 Å². The van der Waals surface area contributed by atoms with Gasteiger partial charge in [0.1, 0.15) is 10.0 Å². The fourth-order valence-electron chi connectivity index (χ4n) is 1.89. The predicted octanol–water partition coefficient (Wildman–Crippen LogP) is 4.44. The van der Waals surface area contributed by atoms with E-state index in [4.69, 9.17) is 23.2 Å². The molecule has 0 spiro atoms. The molecule has 0 amide bonds. The van der Waals surface area contributed by atoms with Crippen LogP contribution in [0.2, 0.25) is 0 Å². The minimum absolute atomic E-state index is 0.363. The summed E-state index contributed by atoms with van der Waals surface area (Å²) in [6.45, 7) is 0. The van der Waals surface area contributed by atoms with Gasteiger partial charge in [0, 0.05) is 7.05 Å². The first-order valence-corrected chi connectivity index (χ1v) is 6.38. The quantitative estimate of drug-likeness (QED) is 0.581. The Bertz CT molecular complexity index is 495. The zero-order valence-corrected chi connectivity index (χ0v) is 11.5. The maximum atomic E-state index is 6.78. The van der Waals surface area contributed by atoms with Crippen molar-refractivity contribution >= 4 is 28.4 Å². The summed E-state index contributed by atoms with van der Waals surface area (Å²) in [7, 11) is 1.64. The van der Waals surface area contributed by atoms with E-state index in [9.17, 15) is 0 Å². The number of rotatable bonds is 3. The molecule has 92 valence electrons. The van der Waals surface area contributed by atoms with Crippen LogP contribution in [0.15, 0.2) is 65.7 Å². The van der Waals surface area contributed by atoms with Crippen LogP contribution < -0.4 is 0 Å². The molecule has 0 saturated heterocycles. The summed E-state index contributed by atoms with van der Waals surface area (Å²) >= 11 is 13.0. The maximum absolute atomic E-state index is 6.78. The molecule has 2 aromatic carbocycles. The van der Waals surface area contributed by atoms with Crippen molar-refractivity contribution in [2.24, 2.45) is 4.99 Å². The summed E-state index contributed by atoms with van der Waals surface area (Å²) in [5, 5.41) is 0.363. The summed E-state index contributed by atoms with van der Waals surface area (Å²) in [5.74, 6) is 0. The molecule has 0 radical (unpaired) electrons. The van der Waals surface area contributed by atoms with Crippen molar-refractivity contribution in [1.29, 1.82) is 0 Å². The molecule has 0 aliphatic heterocycles. The standard InChI is InChI=1S/C15H13Cl2N/c1-18-14(16)15(17,12-8-4-2-5-9-12)13-10-6-3-7-11-13/h2-11H,1H3. The summed E-state index contributed by atoms with van der Waals surface area (Å²) in [6.07, 6.45) is 0. The monoisotopic (exact) mass is 277 g/mol. The van der Waals surface area contributed by atoms with E-state index in [0.717, 1.165) is 11.1 Å². The molecule has 0 fully saturated rings. The van der Waals surface area contributed by atoms with Gasteiger partial charge in [-0.1, -0.05) is 72.3 Å². The lowest BCUT2D eigenvalue weighted by molar-refractivity contribution is 0.986. The highest BCUT2D eigenvalue weighted by atomic mass is 35.5. The molecule has 0 aliphatic carbocycles. The van der Waals surface area contributed by atoms with Gasteiger partial charge in [0.15, 0.2) is 0 Å². The van der Waals surface area contributed by atoms with Gasteiger partial charge in [-0.25, -0.2) is 0 Å². The number of nitrogens with zero attached hydrogens (tertiary/aromatic N) is 1. The van der Waals surface area contributed by atoms with E-state index in [1.165, 1.54) is 0 Å². The number of hydrogen-bond acceptors (Lipinski definition) is 1. The van der Waals surface area contributed by atoms with Crippen LogP contribution >= 0.6 is 23.2 Å². The topological polar surface area (TPSA) is 12.4 Å². The average molecular weight is 278 g/mol. The number of hydrogen-bond donors (Lipinski definition) is 0. The van der Waals surface area contributed by atoms with E-state index >= 15 is 0 Å². The van der Waals surface area contributed by atoms with E-state index in [1.54, 1.807) is 7.05 Å². The smallest absolute Gasteiger partial charge is 0.147 e. The van der Waals surface area contributed by atoms with Crippen molar-refractivity contribution in [2.75, 3.05) is 7.05 Å². The van der Waals surface area contributed by atoms with Crippen LogP contribution in [-0.2, 0) is 4.87 Å². The van der Waals surface area contributed by atoms with E-state index in [2.05, 4.69) is 4.99 Å². The summed E-state index contributed by atoms with van der Waals surface area (Å²) < 4.78 is 0. The number of benzene rings is 2. The van der Waals surface area contributed by atoms with Crippen molar-refractivity contribution in [1.82, 2.24) is 0 Å². The zero-order valence-electron chi connectivity index (χ0n) is 9.98. The fraction of sp³-hybridized carbons (Fsp3) is 0.133. The Morgan fingerprint density at radius 2 is 1.28 bits per heavy atom. The minimum Gasteiger partial charge on any atom is -0.278 e. The van der Waals surface area contributed by atoms with Crippen molar-refractivity contribution in [2.45, 2.75) is 4.87 Å². The largest absolute Gasteiger partial charge is 0.278 e. The summed E-state index contributed by atoms with van der Waals surface area (Å²) in [6, 6.07) is 19.5. The Balaban J connectivity index is 2.63. The van der Waals surface area contributed by atoms with Gasteiger partial charge in [0.05, 0.1) is 0 Å². The van der Waals surface area contributed by atoms with Gasteiger partial charge < -0.3 is 0 Å². The molecule has 0 atom stereocenters. The van der Waals surface area contributed by atoms with Crippen LogP contribution in [0, 0.1) is 0 Å². The Morgan fingerprint density at radius 3 is 1.61 bits per heavy atom. The lowest BCUT2D eigenvalue weighted by atomic mass is 9.91. The van der Waals surface area contributed by atoms with Gasteiger partial charge in [0.2, 0.25) is 0 Å². The highest BCUT2D eigenvalue weighted by molar-refractivity contribution is 6.72. The fourth-order valence-corrected chi connectivity index (χ4v) is 2.45. The molecule has 0 bridgehead atoms. The van der Waals surface area contributed by atoms with Crippen LogP contribution in [0.5, 0.6) is 0 Å². The zero-order chi connectivity index (χ0) is 13.0. The summed E-state index contributed by atoms with van der Waals surface area (Å²) in [5.41, 5.74) is 1.82. The Morgan fingerprint density at radius 1 is 0.889 bits per heavy atom. The van der Waals surface area contributed by atoms with Gasteiger partial charge in [-0.3, -0.25) is 4.99 Å². The van der Waals surface area contributed by atoms with Crippen molar-refractivity contribution < 1.29 is 0 Å². The highest BCUT2D eigenvalue weighted by Gasteiger charge is 2.36. The first-order chi connectivity index (χ1) is 8.69. The van der Waals surface area contributed by atoms with Crippen LogP contribution in [0.4, 0.5) is 0 Å². The molecule has 2 aromatic rings. The number of halogens is 2. The molecule has 1 nitrogen and oxygen atoms in total. The van der Waals surface area contributed by atoms with Gasteiger partial charge in [-0.15, -0.1) is 11.6 Å². The highest BCUT2D eigenvalue weighted by Crippen LogP contribution is 2.39. The van der Waals surface area contributed by atoms with Gasteiger partial charge >= 0.3 is 0 Å². The first kappa shape index (κ1) is 13.1. The van der Waals surface area contributed by atoms with Gasteiger partial charge in [-0.05, 0) is 11.1 Å². The van der Waals surface area contributed by atoms with E-state index < -0.39 is 4.87 Å². The Kier molecular flexibility index (Phi) is 4.05. The Hall–Kier alpha value is -1.31. The molecule has 0 aliphatic rings. The van der Waals surface area contributed by atoms with Crippen LogP contribution in [0.3, 0.4) is 0 Å². The average Bonchev–Trinajstić information content (AvgIpc) is 2.47. The van der Waals surface area contributed by atoms with E-state index in [-0.39, 0.29) is 0 Å². The molecular weight excluding hydrogens is 265 g/mol. The second-order valence-corrected chi connectivity index (χ2v) is 4.83. The molecule has 2 rings (SSSR count). The molecule has 3 heteroatoms. The third-order valence-corrected chi connectivity index (χ3v) is 3.99. The molecular formula is C15H13Cl2N. The Labute approximate surface area is 117 Å². The second-order valence-electron chi connectivity index (χ2n) is 3.90. The molecule has 18 heavy (non-hydrogen) atoms.